The number of aryl methyl sites for hydroxylation is 6. The molecule has 0 bridgehead atoms. The Morgan fingerprint density at radius 3 is 1.00 bits per heavy atom. The third kappa shape index (κ3) is 13.3. The molecule has 0 aliphatic carbocycles. The first kappa shape index (κ1) is 51.0. The van der Waals surface area contributed by atoms with Crippen molar-refractivity contribution >= 4 is 100 Å². The molecule has 6 aromatic carbocycles. The van der Waals surface area contributed by atoms with Crippen LogP contribution in [0.1, 0.15) is 81.1 Å². The number of hydrogen-bond donors (Lipinski definition) is 0. The van der Waals surface area contributed by atoms with Crippen LogP contribution in [-0.2, 0) is 0 Å². The molecule has 3 heterocycles. The highest BCUT2D eigenvalue weighted by atomic mass is 79.9. The lowest BCUT2D eigenvalue weighted by molar-refractivity contribution is 0.103. The minimum absolute atomic E-state index is 0.145. The summed E-state index contributed by atoms with van der Waals surface area (Å²) in [4.78, 5) is 72.9. The fourth-order valence-electron chi connectivity index (χ4n) is 7.18. The number of allylic oxidation sites excluding steroid dienone is 3. The summed E-state index contributed by atoms with van der Waals surface area (Å²) in [6.07, 6.45) is 8.69. The summed E-state index contributed by atoms with van der Waals surface area (Å²) in [7, 11) is 0. The quantitative estimate of drug-likeness (QED) is 0.0784. The van der Waals surface area contributed by atoms with E-state index in [4.69, 9.17) is 13.3 Å². The molecule has 0 spiro atoms. The standard InChI is InChI=1S/2C20H15BrO3.C20H16O3/c2*1-12-4-7-16(17(21)9-12)18(22)8-6-15-11-14-5-3-13(2)10-19(14)24-20(15)23;1-13-3-6-15(7-4-13)18(21)10-9-17-12-16-8-5-14(2)11-19(16)23-20(17)22/h2*3-11H,1-2H3;3-12H,1-2H3/b2*8-6+;10-9+. The second kappa shape index (κ2) is 22.7. The zero-order chi connectivity index (χ0) is 50.9. The maximum atomic E-state index is 12.3. The van der Waals surface area contributed by atoms with Crippen molar-refractivity contribution in [1.82, 2.24) is 0 Å². The third-order valence-corrected chi connectivity index (χ3v) is 12.4. The van der Waals surface area contributed by atoms with Crippen LogP contribution in [0.15, 0.2) is 188 Å². The molecule has 0 fully saturated rings. The molecule has 0 aliphatic heterocycles. The van der Waals surface area contributed by atoms with Crippen LogP contribution in [-0.4, -0.2) is 17.3 Å². The maximum absolute atomic E-state index is 12.3. The van der Waals surface area contributed by atoms with Crippen LogP contribution in [0.25, 0.3) is 51.1 Å². The topological polar surface area (TPSA) is 142 Å². The van der Waals surface area contributed by atoms with Crippen molar-refractivity contribution in [2.75, 3.05) is 0 Å². The number of carbonyl (C=O) groups excluding carboxylic acids is 3. The van der Waals surface area contributed by atoms with E-state index in [-0.39, 0.29) is 17.3 Å². The van der Waals surface area contributed by atoms with Crippen LogP contribution in [0.5, 0.6) is 0 Å². The van der Waals surface area contributed by atoms with E-state index < -0.39 is 16.9 Å². The molecule has 0 amide bonds. The molecule has 9 nitrogen and oxygen atoms in total. The van der Waals surface area contributed by atoms with Crippen molar-refractivity contribution in [3.63, 3.8) is 0 Å². The van der Waals surface area contributed by atoms with Crippen molar-refractivity contribution < 1.29 is 27.6 Å². The molecule has 11 heteroatoms. The zero-order valence-electron chi connectivity index (χ0n) is 39.6. The lowest BCUT2D eigenvalue weighted by Gasteiger charge is -2.02. The van der Waals surface area contributed by atoms with E-state index in [1.807, 2.05) is 133 Å². The van der Waals surface area contributed by atoms with Gasteiger partial charge < -0.3 is 13.3 Å². The Hall–Kier alpha value is -7.86. The lowest BCUT2D eigenvalue weighted by Crippen LogP contribution is -2.03. The number of carbonyl (C=O) groups is 3. The van der Waals surface area contributed by atoms with Crippen LogP contribution in [0, 0.1) is 41.5 Å². The third-order valence-electron chi connectivity index (χ3n) is 11.1. The summed E-state index contributed by atoms with van der Waals surface area (Å²) >= 11 is 6.79. The molecule has 0 unspecified atom stereocenters. The van der Waals surface area contributed by atoms with Crippen molar-refractivity contribution in [3.8, 4) is 0 Å². The predicted octanol–water partition coefficient (Wildman–Crippen LogP) is 14.4. The number of hydrogen-bond acceptors (Lipinski definition) is 9. The minimum Gasteiger partial charge on any atom is -0.422 e. The van der Waals surface area contributed by atoms with E-state index in [0.29, 0.717) is 50.1 Å². The van der Waals surface area contributed by atoms with Gasteiger partial charge in [0.05, 0.1) is 16.7 Å². The van der Waals surface area contributed by atoms with Crippen LogP contribution in [0.2, 0.25) is 0 Å². The van der Waals surface area contributed by atoms with Gasteiger partial charge >= 0.3 is 16.9 Å². The van der Waals surface area contributed by atoms with E-state index in [1.54, 1.807) is 42.5 Å². The van der Waals surface area contributed by atoms with Gasteiger partial charge in [-0.05, 0) is 166 Å². The summed E-state index contributed by atoms with van der Waals surface area (Å²) < 4.78 is 17.4. The average Bonchev–Trinajstić information content (AvgIpc) is 3.32. The number of halogens is 2. The number of ketones is 3. The van der Waals surface area contributed by atoms with Crippen LogP contribution >= 0.6 is 31.9 Å². The van der Waals surface area contributed by atoms with Crippen LogP contribution < -0.4 is 16.9 Å². The number of rotatable bonds is 9. The Bertz CT molecular complexity index is 3640. The fourth-order valence-corrected chi connectivity index (χ4v) is 8.56. The molecule has 71 heavy (non-hydrogen) atoms. The highest BCUT2D eigenvalue weighted by Gasteiger charge is 2.11. The second-order valence-corrected chi connectivity index (χ2v) is 18.7. The van der Waals surface area contributed by atoms with E-state index >= 15 is 0 Å². The van der Waals surface area contributed by atoms with E-state index in [2.05, 4.69) is 31.9 Å². The summed E-state index contributed by atoms with van der Waals surface area (Å²) in [5.41, 5.74) is 9.33. The molecule has 0 radical (unpaired) electrons. The van der Waals surface area contributed by atoms with Crippen molar-refractivity contribution in [1.29, 1.82) is 0 Å². The summed E-state index contributed by atoms with van der Waals surface area (Å²) in [5.74, 6) is -0.496. The van der Waals surface area contributed by atoms with Gasteiger partial charge in [-0.15, -0.1) is 0 Å². The Morgan fingerprint density at radius 1 is 0.366 bits per heavy atom. The minimum atomic E-state index is -0.458. The highest BCUT2D eigenvalue weighted by molar-refractivity contribution is 9.10. The maximum Gasteiger partial charge on any atom is 0.343 e. The van der Waals surface area contributed by atoms with E-state index in [1.165, 1.54) is 36.5 Å². The first-order valence-corrected chi connectivity index (χ1v) is 23.9. The predicted molar refractivity (Wildman–Crippen MR) is 291 cm³/mol. The van der Waals surface area contributed by atoms with Gasteiger partial charge in [0.2, 0.25) is 0 Å². The Kier molecular flexibility index (Phi) is 16.3. The molecule has 3 aromatic heterocycles. The summed E-state index contributed by atoms with van der Waals surface area (Å²) in [6, 6.07) is 40.5. The van der Waals surface area contributed by atoms with E-state index in [9.17, 15) is 28.8 Å². The molecule has 9 rings (SSSR count). The van der Waals surface area contributed by atoms with Crippen LogP contribution in [0.3, 0.4) is 0 Å². The number of benzene rings is 6. The normalized spacial score (nSPS) is 11.3. The summed E-state index contributed by atoms with van der Waals surface area (Å²) in [5, 5.41) is 2.48. The molecule has 354 valence electrons. The molecule has 0 saturated heterocycles. The monoisotopic (exact) mass is 1070 g/mol. The average molecular weight is 1070 g/mol. The Labute approximate surface area is 425 Å². The van der Waals surface area contributed by atoms with Gasteiger partial charge in [-0.2, -0.15) is 0 Å². The first-order chi connectivity index (χ1) is 33.9. The van der Waals surface area contributed by atoms with Crippen LogP contribution in [0.4, 0.5) is 0 Å². The molecular weight excluding hydrogens is 1020 g/mol. The first-order valence-electron chi connectivity index (χ1n) is 22.3. The van der Waals surface area contributed by atoms with Gasteiger partial charge in [-0.25, -0.2) is 14.4 Å². The Balaban J connectivity index is 0.000000157. The lowest BCUT2D eigenvalue weighted by atomic mass is 10.1. The van der Waals surface area contributed by atoms with Gasteiger partial charge in [0.1, 0.15) is 16.7 Å². The molecule has 0 N–H and O–H groups in total. The van der Waals surface area contributed by atoms with E-state index in [0.717, 1.165) is 58.5 Å². The molecule has 0 atom stereocenters. The number of fused-ring (bicyclic) bond motifs is 3. The SMILES string of the molecule is Cc1ccc(C(=O)/C=C/c2cc3ccc(C)cc3oc2=O)c(Br)c1.Cc1ccc(C(=O)/C=C/c2cc3ccc(C)cc3oc2=O)c(Br)c1.Cc1ccc(C(=O)/C=C/c2cc3ccc(C)cc3oc2=O)cc1. The van der Waals surface area contributed by atoms with Gasteiger partial charge in [-0.3, -0.25) is 14.4 Å². The molecule has 9 aromatic rings. The van der Waals surface area contributed by atoms with Gasteiger partial charge in [0.15, 0.2) is 17.3 Å². The van der Waals surface area contributed by atoms with Crippen molar-refractivity contribution in [3.05, 3.63) is 259 Å². The van der Waals surface area contributed by atoms with Crippen molar-refractivity contribution in [2.24, 2.45) is 0 Å². The second-order valence-electron chi connectivity index (χ2n) is 17.0. The highest BCUT2D eigenvalue weighted by Crippen LogP contribution is 2.23. The molecule has 0 saturated carbocycles. The fraction of sp³-hybridized carbons (Fsp3) is 0.100. The molecule has 0 aliphatic rings. The largest absolute Gasteiger partial charge is 0.422 e. The Morgan fingerprint density at radius 2 is 0.662 bits per heavy atom. The summed E-state index contributed by atoms with van der Waals surface area (Å²) in [6.45, 7) is 11.7. The van der Waals surface area contributed by atoms with Gasteiger partial charge in [0, 0.05) is 41.8 Å². The van der Waals surface area contributed by atoms with Gasteiger partial charge in [-0.1, -0.05) is 110 Å². The smallest absolute Gasteiger partial charge is 0.343 e. The molecular formula is C60H46Br2O9. The van der Waals surface area contributed by atoms with Crippen molar-refractivity contribution in [2.45, 2.75) is 41.5 Å². The zero-order valence-corrected chi connectivity index (χ0v) is 42.8. The van der Waals surface area contributed by atoms with Gasteiger partial charge in [0.25, 0.3) is 0 Å².